The van der Waals surface area contributed by atoms with Gasteiger partial charge in [-0.2, -0.15) is 0 Å². The van der Waals surface area contributed by atoms with Gasteiger partial charge >= 0.3 is 26.1 Å². The minimum atomic E-state index is -2.95. The Labute approximate surface area is 87.5 Å². The van der Waals surface area contributed by atoms with Crippen molar-refractivity contribution in [3.05, 3.63) is 0 Å². The molecule has 1 rings (SSSR count). The molecule has 0 aromatic carbocycles. The van der Waals surface area contributed by atoms with Crippen LogP contribution < -0.4 is 5.32 Å². The van der Waals surface area contributed by atoms with Gasteiger partial charge in [0.05, 0.1) is 0 Å². The van der Waals surface area contributed by atoms with E-state index in [0.717, 1.165) is 0 Å². The number of nitrogens with one attached hydrogen (secondary N) is 1. The Balaban J connectivity index is 0.000000423. The van der Waals surface area contributed by atoms with E-state index in [0.29, 0.717) is 0 Å². The third kappa shape index (κ3) is 5.87. The van der Waals surface area contributed by atoms with Gasteiger partial charge in [0.15, 0.2) is 0 Å². The van der Waals surface area contributed by atoms with Gasteiger partial charge in [-0.05, 0) is 0 Å². The molecule has 0 aromatic rings. The van der Waals surface area contributed by atoms with E-state index in [1.807, 2.05) is 0 Å². The largest absolute Gasteiger partial charge is 0.749 e. The predicted molar refractivity (Wildman–Crippen MR) is 52.5 cm³/mol. The second kappa shape index (κ2) is 7.03. The van der Waals surface area contributed by atoms with Gasteiger partial charge in [0.25, 0.3) is 0 Å². The van der Waals surface area contributed by atoms with E-state index in [4.69, 9.17) is 4.89 Å². The second-order valence-electron chi connectivity index (χ2n) is 2.51. The molecule has 1 aliphatic rings. The van der Waals surface area contributed by atoms with Crippen LogP contribution in [0.25, 0.3) is 0 Å². The number of hydrogen-bond donors (Lipinski definition) is 2. The summed E-state index contributed by atoms with van der Waals surface area (Å²) >= 11 is 0. The first kappa shape index (κ1) is 13.7. The number of hydrogen-bond acceptors (Lipinski definition) is 4. The minimum Gasteiger partial charge on any atom is -0.268 e. The Morgan fingerprint density at radius 1 is 1.40 bits per heavy atom. The molecule has 15 heavy (non-hydrogen) atoms. The molecule has 0 saturated carbocycles. The fraction of sp³-hybridized carbons (Fsp3) is 0.571. The smallest absolute Gasteiger partial charge is 0.268 e. The fourth-order valence-corrected chi connectivity index (χ4v) is 0.729. The Hall–Kier alpha value is -1.33. The van der Waals surface area contributed by atoms with Gasteiger partial charge in [0.1, 0.15) is 0 Å². The third-order valence-electron chi connectivity index (χ3n) is 1.28. The molecular formula is C7H12N2O5P+. The van der Waals surface area contributed by atoms with Crippen LogP contribution in [0.5, 0.6) is 0 Å². The molecule has 0 bridgehead atoms. The number of amides is 3. The van der Waals surface area contributed by atoms with Crippen molar-refractivity contribution in [3.63, 3.8) is 0 Å². The molecule has 0 saturated heterocycles. The van der Waals surface area contributed by atoms with E-state index in [9.17, 15) is 14.2 Å². The van der Waals surface area contributed by atoms with E-state index in [1.165, 1.54) is 12.8 Å². The van der Waals surface area contributed by atoms with E-state index in [2.05, 4.69) is 23.4 Å². The summed E-state index contributed by atoms with van der Waals surface area (Å²) in [5.41, 5.74) is 0. The van der Waals surface area contributed by atoms with Gasteiger partial charge in [-0.3, -0.25) is 10.1 Å². The minimum absolute atomic E-state index is 0.682. The van der Waals surface area contributed by atoms with Crippen LogP contribution in [0.15, 0.2) is 4.99 Å². The molecule has 0 aromatic heterocycles. The van der Waals surface area contributed by atoms with E-state index in [-0.39, 0.29) is 0 Å². The molecule has 2 N–H and O–H groups in total. The highest BCUT2D eigenvalue weighted by atomic mass is 31.1. The topological polar surface area (TPSA) is 105 Å². The zero-order valence-corrected chi connectivity index (χ0v) is 9.28. The average molecular weight is 235 g/mol. The summed E-state index contributed by atoms with van der Waals surface area (Å²) in [5.74, 6) is -1.59. The third-order valence-corrected chi connectivity index (χ3v) is 1.61. The van der Waals surface area contributed by atoms with Crippen LogP contribution >= 0.6 is 8.25 Å². The summed E-state index contributed by atoms with van der Waals surface area (Å²) in [5, 5.41) is 1.73. The highest BCUT2D eigenvalue weighted by Crippen LogP contribution is 2.16. The Morgan fingerprint density at radius 3 is 2.20 bits per heavy atom. The molecular weight excluding hydrogens is 223 g/mol. The molecule has 1 heterocycles. The van der Waals surface area contributed by atoms with Crippen LogP contribution in [0, 0.1) is 0 Å². The maximum absolute atomic E-state index is 10.5. The molecule has 8 heteroatoms. The number of urea groups is 1. The number of imide groups is 1. The second-order valence-corrected chi connectivity index (χ2v) is 3.16. The van der Waals surface area contributed by atoms with E-state index in [1.54, 1.807) is 5.32 Å². The molecule has 3 amide bonds. The maximum Gasteiger partial charge on any atom is 0.749 e. The van der Waals surface area contributed by atoms with Crippen molar-refractivity contribution in [2.24, 2.45) is 4.99 Å². The van der Waals surface area contributed by atoms with Crippen LogP contribution in [-0.4, -0.2) is 22.7 Å². The molecule has 1 aliphatic heterocycles. The number of carbonyl (C=O) groups excluding carboxylic acids is 2. The maximum atomic E-state index is 10.5. The highest BCUT2D eigenvalue weighted by Gasteiger charge is 2.32. The zero-order valence-electron chi connectivity index (χ0n) is 8.39. The standard InChI is InChI=1S/C4H10.C3HN2O5P/c1-3-4-2;6-1-2(10-11(8)9)5-3(7)4-1/h3-4H2,1-2H3;(H-,4,6,7,8,9)/p+1. The summed E-state index contributed by atoms with van der Waals surface area (Å²) < 4.78 is 13.9. The predicted octanol–water partition coefficient (Wildman–Crippen LogP) is 1.11. The van der Waals surface area contributed by atoms with Crippen molar-refractivity contribution in [1.82, 2.24) is 5.32 Å². The zero-order chi connectivity index (χ0) is 11.8. The van der Waals surface area contributed by atoms with E-state index < -0.39 is 26.1 Å². The van der Waals surface area contributed by atoms with Gasteiger partial charge in [-0.15, -0.1) is 9.89 Å². The lowest BCUT2D eigenvalue weighted by Gasteiger charge is -1.82. The highest BCUT2D eigenvalue weighted by molar-refractivity contribution is 7.33. The summed E-state index contributed by atoms with van der Waals surface area (Å²) in [6.07, 6.45) is 2.64. The quantitative estimate of drug-likeness (QED) is 0.697. The van der Waals surface area contributed by atoms with Crippen LogP contribution in [0.2, 0.25) is 0 Å². The summed E-state index contributed by atoms with van der Waals surface area (Å²) in [6, 6.07) is -0.901. The number of nitrogens with zero attached hydrogens (tertiary/aromatic N) is 1. The first-order valence-electron chi connectivity index (χ1n) is 4.29. The summed E-state index contributed by atoms with van der Waals surface area (Å²) in [7, 11) is -2.95. The van der Waals surface area contributed by atoms with Crippen molar-refractivity contribution < 1.29 is 23.6 Å². The molecule has 1 atom stereocenters. The lowest BCUT2D eigenvalue weighted by atomic mass is 10.4. The van der Waals surface area contributed by atoms with Gasteiger partial charge < -0.3 is 0 Å². The van der Waals surface area contributed by atoms with Crippen molar-refractivity contribution in [3.8, 4) is 0 Å². The molecule has 0 fully saturated rings. The molecule has 1 unspecified atom stereocenters. The van der Waals surface area contributed by atoms with Crippen molar-refractivity contribution in [1.29, 1.82) is 0 Å². The molecule has 0 radical (unpaired) electrons. The number of aliphatic imine (C=N–C) groups is 1. The number of rotatable bonds is 2. The fourth-order valence-electron chi connectivity index (χ4n) is 0.457. The summed E-state index contributed by atoms with van der Waals surface area (Å²) in [6.45, 7) is 4.36. The Morgan fingerprint density at radius 2 is 1.93 bits per heavy atom. The van der Waals surface area contributed by atoms with Gasteiger partial charge in [-0.1, -0.05) is 26.7 Å². The SMILES string of the molecule is CCCC.O=C1N=C(O[P+](=O)O)C(=O)N1. The molecule has 84 valence electrons. The first-order chi connectivity index (χ1) is 7.01. The summed E-state index contributed by atoms with van der Waals surface area (Å²) in [4.78, 5) is 31.9. The molecule has 7 nitrogen and oxygen atoms in total. The van der Waals surface area contributed by atoms with Crippen LogP contribution in [0.1, 0.15) is 26.7 Å². The van der Waals surface area contributed by atoms with Gasteiger partial charge in [0.2, 0.25) is 0 Å². The van der Waals surface area contributed by atoms with Gasteiger partial charge in [0, 0.05) is 4.57 Å². The molecule has 0 spiro atoms. The van der Waals surface area contributed by atoms with Crippen molar-refractivity contribution >= 4 is 26.1 Å². The Bertz CT molecular complexity index is 300. The molecule has 0 aliphatic carbocycles. The lowest BCUT2D eigenvalue weighted by Crippen LogP contribution is -2.25. The monoisotopic (exact) mass is 235 g/mol. The normalized spacial score (nSPS) is 14.9. The number of unbranched alkanes of at least 4 members (excludes halogenated alkanes) is 1. The van der Waals surface area contributed by atoms with Crippen LogP contribution in [0.4, 0.5) is 4.79 Å². The van der Waals surface area contributed by atoms with Crippen LogP contribution in [0.3, 0.4) is 0 Å². The first-order valence-corrected chi connectivity index (χ1v) is 5.42. The van der Waals surface area contributed by atoms with Crippen molar-refractivity contribution in [2.75, 3.05) is 0 Å². The van der Waals surface area contributed by atoms with E-state index >= 15 is 0 Å². The average Bonchev–Trinajstić information content (AvgIpc) is 2.45. The Kier molecular flexibility index (Phi) is 6.40. The van der Waals surface area contributed by atoms with Crippen molar-refractivity contribution in [2.45, 2.75) is 26.7 Å². The number of carbonyl (C=O) groups is 2. The van der Waals surface area contributed by atoms with Gasteiger partial charge in [-0.25, -0.2) is 9.32 Å². The lowest BCUT2D eigenvalue weighted by molar-refractivity contribution is -0.114. The van der Waals surface area contributed by atoms with Crippen LogP contribution in [-0.2, 0) is 13.9 Å².